The maximum Gasteiger partial charge on any atom is 0.171 e. The molecule has 0 aromatic carbocycles. The van der Waals surface area contributed by atoms with Crippen LogP contribution in [0, 0.1) is 23.2 Å². The molecule has 0 radical (unpaired) electrons. The highest BCUT2D eigenvalue weighted by molar-refractivity contribution is 6.01. The number of hydrogen-bond acceptors (Lipinski definition) is 5. The minimum absolute atomic E-state index is 0.166. The quantitative estimate of drug-likeness (QED) is 0.743. The van der Waals surface area contributed by atoms with Crippen molar-refractivity contribution in [3.63, 3.8) is 0 Å². The first kappa shape index (κ1) is 14.8. The van der Waals surface area contributed by atoms with Gasteiger partial charge in [0.25, 0.3) is 0 Å². The van der Waals surface area contributed by atoms with Crippen molar-refractivity contribution in [1.82, 2.24) is 0 Å². The Labute approximate surface area is 130 Å². The van der Waals surface area contributed by atoms with Crippen molar-refractivity contribution in [3.8, 4) is 0 Å². The van der Waals surface area contributed by atoms with E-state index in [4.69, 9.17) is 14.2 Å². The molecule has 6 unspecified atom stereocenters. The molecule has 2 saturated carbocycles. The maximum absolute atomic E-state index is 12.9. The molecule has 6 atom stereocenters. The normalized spacial score (nSPS) is 48.3. The van der Waals surface area contributed by atoms with Gasteiger partial charge in [-0.25, -0.2) is 0 Å². The van der Waals surface area contributed by atoms with E-state index in [0.29, 0.717) is 0 Å². The molecular weight excluding hydrogens is 284 g/mol. The highest BCUT2D eigenvalue weighted by atomic mass is 16.7. The predicted molar refractivity (Wildman–Crippen MR) is 77.1 cm³/mol. The lowest BCUT2D eigenvalue weighted by Crippen LogP contribution is -2.51. The van der Waals surface area contributed by atoms with E-state index in [2.05, 4.69) is 0 Å². The third kappa shape index (κ3) is 1.46. The first-order valence-electron chi connectivity index (χ1n) is 8.17. The maximum atomic E-state index is 12.9. The van der Waals surface area contributed by atoms with Gasteiger partial charge in [-0.1, -0.05) is 6.92 Å². The Hall–Kier alpha value is -0.780. The summed E-state index contributed by atoms with van der Waals surface area (Å²) in [7, 11) is 1.59. The molecule has 2 aliphatic heterocycles. The third-order valence-corrected chi connectivity index (χ3v) is 6.67. The monoisotopic (exact) mass is 308 g/mol. The zero-order chi connectivity index (χ0) is 16.1. The van der Waals surface area contributed by atoms with E-state index in [9.17, 15) is 9.59 Å². The second-order valence-corrected chi connectivity index (χ2v) is 8.02. The molecule has 4 rings (SSSR count). The molecule has 122 valence electrons. The molecular formula is C17H24O5. The number of methoxy groups -OCH3 is 1. The second kappa shape index (κ2) is 4.00. The topological polar surface area (TPSA) is 61.8 Å². The van der Waals surface area contributed by atoms with Crippen LogP contribution in [0.25, 0.3) is 0 Å². The van der Waals surface area contributed by atoms with Crippen molar-refractivity contribution in [2.45, 2.75) is 64.1 Å². The molecule has 2 saturated heterocycles. The van der Waals surface area contributed by atoms with Gasteiger partial charge < -0.3 is 14.2 Å². The first-order valence-corrected chi connectivity index (χ1v) is 8.17. The molecule has 2 heterocycles. The summed E-state index contributed by atoms with van der Waals surface area (Å²) >= 11 is 0. The van der Waals surface area contributed by atoms with Crippen molar-refractivity contribution in [2.24, 2.45) is 23.2 Å². The van der Waals surface area contributed by atoms with E-state index >= 15 is 0 Å². The van der Waals surface area contributed by atoms with Crippen molar-refractivity contribution in [1.29, 1.82) is 0 Å². The van der Waals surface area contributed by atoms with Gasteiger partial charge in [0.15, 0.2) is 11.6 Å². The average Bonchev–Trinajstić information content (AvgIpc) is 3.12. The number of rotatable bonds is 3. The Kier molecular flexibility index (Phi) is 2.69. The van der Waals surface area contributed by atoms with Gasteiger partial charge in [0.05, 0.1) is 23.0 Å². The van der Waals surface area contributed by atoms with Gasteiger partial charge in [-0.2, -0.15) is 0 Å². The predicted octanol–water partition coefficient (Wildman–Crippen LogP) is 1.73. The number of Topliss-reactive ketones (excluding diaryl/α,β-unsaturated/α-hetero) is 2. The average molecular weight is 308 g/mol. The molecule has 0 amide bonds. The van der Waals surface area contributed by atoms with Crippen LogP contribution in [-0.4, -0.2) is 42.3 Å². The number of ether oxygens (including phenoxy) is 3. The Morgan fingerprint density at radius 1 is 1.27 bits per heavy atom. The number of carbonyl (C=O) groups excluding carboxylic acids is 2. The molecule has 5 nitrogen and oxygen atoms in total. The fraction of sp³-hybridized carbons (Fsp3) is 0.882. The number of hydrogen-bond donors (Lipinski definition) is 0. The molecule has 2 aliphatic carbocycles. The van der Waals surface area contributed by atoms with Crippen LogP contribution in [-0.2, 0) is 23.8 Å². The van der Waals surface area contributed by atoms with Crippen LogP contribution < -0.4 is 0 Å². The van der Waals surface area contributed by atoms with Crippen LogP contribution in [0.15, 0.2) is 0 Å². The minimum Gasteiger partial charge on any atom is -0.362 e. The lowest BCUT2D eigenvalue weighted by molar-refractivity contribution is -0.239. The number of ketones is 2. The van der Waals surface area contributed by atoms with Gasteiger partial charge in [-0.15, -0.1) is 0 Å². The van der Waals surface area contributed by atoms with Crippen molar-refractivity contribution < 1.29 is 23.8 Å². The van der Waals surface area contributed by atoms with Crippen LogP contribution in [0.1, 0.15) is 40.5 Å². The van der Waals surface area contributed by atoms with Crippen LogP contribution in [0.5, 0.6) is 0 Å². The van der Waals surface area contributed by atoms with E-state index in [1.54, 1.807) is 7.11 Å². The minimum atomic E-state index is -0.781. The largest absolute Gasteiger partial charge is 0.362 e. The van der Waals surface area contributed by atoms with Crippen molar-refractivity contribution in [3.05, 3.63) is 0 Å². The third-order valence-electron chi connectivity index (χ3n) is 6.67. The molecule has 0 aromatic heterocycles. The van der Waals surface area contributed by atoms with E-state index in [-0.39, 0.29) is 40.8 Å². The summed E-state index contributed by atoms with van der Waals surface area (Å²) in [5, 5.41) is 0. The second-order valence-electron chi connectivity index (χ2n) is 8.02. The van der Waals surface area contributed by atoms with E-state index in [1.165, 1.54) is 0 Å². The smallest absolute Gasteiger partial charge is 0.171 e. The molecule has 2 bridgehead atoms. The summed E-state index contributed by atoms with van der Waals surface area (Å²) in [5.41, 5.74) is -1.01. The summed E-state index contributed by atoms with van der Waals surface area (Å²) in [5.74, 6) is -1.01. The Bertz CT molecular complexity index is 563. The van der Waals surface area contributed by atoms with Crippen LogP contribution in [0.4, 0.5) is 0 Å². The molecule has 4 fully saturated rings. The summed E-state index contributed by atoms with van der Waals surface area (Å²) in [6.45, 7) is 7.54. The Morgan fingerprint density at radius 3 is 2.45 bits per heavy atom. The van der Waals surface area contributed by atoms with Gasteiger partial charge in [0.1, 0.15) is 11.9 Å². The zero-order valence-corrected chi connectivity index (χ0v) is 13.8. The van der Waals surface area contributed by atoms with E-state index in [0.717, 1.165) is 12.8 Å². The van der Waals surface area contributed by atoms with Gasteiger partial charge in [0, 0.05) is 18.9 Å². The zero-order valence-electron chi connectivity index (χ0n) is 13.8. The number of fused-ring (bicyclic) bond motifs is 6. The summed E-state index contributed by atoms with van der Waals surface area (Å²) in [6, 6.07) is 0. The fourth-order valence-corrected chi connectivity index (χ4v) is 5.14. The van der Waals surface area contributed by atoms with Crippen LogP contribution in [0.2, 0.25) is 0 Å². The molecule has 22 heavy (non-hydrogen) atoms. The highest BCUT2D eigenvalue weighted by Gasteiger charge is 2.82. The van der Waals surface area contributed by atoms with Crippen LogP contribution in [0.3, 0.4) is 0 Å². The van der Waals surface area contributed by atoms with Crippen molar-refractivity contribution >= 4 is 11.6 Å². The van der Waals surface area contributed by atoms with Gasteiger partial charge in [0.2, 0.25) is 0 Å². The van der Waals surface area contributed by atoms with Crippen molar-refractivity contribution in [2.75, 3.05) is 7.11 Å². The number of carbonyl (C=O) groups is 2. The van der Waals surface area contributed by atoms with Gasteiger partial charge >= 0.3 is 0 Å². The van der Waals surface area contributed by atoms with E-state index in [1.807, 2.05) is 27.7 Å². The van der Waals surface area contributed by atoms with Gasteiger partial charge in [-0.05, 0) is 33.6 Å². The standard InChI is InChI=1S/C17H24O5/c1-8-11(18)10-9(12(8)21-15(2,3)20-5)13-14(19)17(6-7-17)16(10,4)22-13/h8-10,12-13H,6-7H2,1-5H3. The summed E-state index contributed by atoms with van der Waals surface area (Å²) in [4.78, 5) is 25.6. The van der Waals surface area contributed by atoms with Gasteiger partial charge in [-0.3, -0.25) is 9.59 Å². The lowest BCUT2D eigenvalue weighted by Gasteiger charge is -2.37. The summed E-state index contributed by atoms with van der Waals surface area (Å²) in [6.07, 6.45) is 0.917. The molecule has 5 heteroatoms. The first-order chi connectivity index (χ1) is 10.2. The SMILES string of the molecule is COC(C)(C)OC1C(C)C(=O)C2C1C1OC2(C)C2(CC2)C1=O. The fourth-order valence-electron chi connectivity index (χ4n) is 5.14. The molecule has 0 aromatic rings. The van der Waals surface area contributed by atoms with Crippen LogP contribution >= 0.6 is 0 Å². The Morgan fingerprint density at radius 2 is 1.91 bits per heavy atom. The lowest BCUT2D eigenvalue weighted by atomic mass is 9.65. The molecule has 1 spiro atoms. The molecule has 4 aliphatic rings. The van der Waals surface area contributed by atoms with E-state index < -0.39 is 17.5 Å². The highest BCUT2D eigenvalue weighted by Crippen LogP contribution is 2.72. The Balaban J connectivity index is 1.72. The molecule has 0 N–H and O–H groups in total. The summed E-state index contributed by atoms with van der Waals surface area (Å²) < 4.78 is 17.6.